The zero-order chi connectivity index (χ0) is 20.4. The minimum atomic E-state index is -0.498. The van der Waals surface area contributed by atoms with Gasteiger partial charge in [0.05, 0.1) is 5.75 Å². The van der Waals surface area contributed by atoms with Crippen molar-refractivity contribution in [3.8, 4) is 11.5 Å². The lowest BCUT2D eigenvalue weighted by Gasteiger charge is -2.21. The van der Waals surface area contributed by atoms with Gasteiger partial charge in [0, 0.05) is 29.5 Å². The van der Waals surface area contributed by atoms with Gasteiger partial charge in [-0.05, 0) is 48.6 Å². The number of aromatic nitrogens is 3. The number of nitrogens with one attached hydrogen (secondary N) is 2. The van der Waals surface area contributed by atoms with Gasteiger partial charge in [-0.1, -0.05) is 17.8 Å². The minimum absolute atomic E-state index is 0.130. The van der Waals surface area contributed by atoms with Crippen LogP contribution >= 0.6 is 23.1 Å². The molecule has 2 aromatic heterocycles. The van der Waals surface area contributed by atoms with E-state index in [4.69, 9.17) is 9.47 Å². The van der Waals surface area contributed by atoms with Gasteiger partial charge in [-0.2, -0.15) is 0 Å². The number of hydrogen-bond acceptors (Lipinski definition) is 7. The molecule has 30 heavy (non-hydrogen) atoms. The van der Waals surface area contributed by atoms with Crippen molar-refractivity contribution in [3.05, 3.63) is 46.4 Å². The van der Waals surface area contributed by atoms with E-state index in [0.29, 0.717) is 22.4 Å². The van der Waals surface area contributed by atoms with Crippen molar-refractivity contribution in [1.82, 2.24) is 15.2 Å². The first-order chi connectivity index (χ1) is 14.7. The number of thiophene rings is 1. The van der Waals surface area contributed by atoms with Crippen LogP contribution in [0.4, 0.5) is 5.69 Å². The van der Waals surface area contributed by atoms with Gasteiger partial charge in [0.25, 0.3) is 5.79 Å². The largest absolute Gasteiger partial charge is 0.448 e. The van der Waals surface area contributed by atoms with Crippen LogP contribution in [0, 0.1) is 0 Å². The number of H-pyrrole nitrogens is 1. The van der Waals surface area contributed by atoms with Crippen molar-refractivity contribution in [3.63, 3.8) is 0 Å². The molecule has 0 atom stereocenters. The second kappa shape index (κ2) is 8.16. The maximum atomic E-state index is 12.3. The summed E-state index contributed by atoms with van der Waals surface area (Å²) in [6, 6.07) is 9.54. The standard InChI is InChI=1S/C21H20N4O3S2/c26-19(13-30-20-23-18(24-25-20)8-6-15-4-3-11-29-15)22-14-5-7-16-17(12-14)28-21(27-16)9-1-2-10-21/h3-8,11-12H,1-2,9-10,13H2,(H,22,26)(H,23,24,25)/b8-6+. The van der Waals surface area contributed by atoms with Gasteiger partial charge in [-0.3, -0.25) is 9.89 Å². The van der Waals surface area contributed by atoms with Crippen LogP contribution in [-0.4, -0.2) is 32.6 Å². The van der Waals surface area contributed by atoms with Crippen molar-refractivity contribution in [1.29, 1.82) is 0 Å². The fraction of sp³-hybridized carbons (Fsp3) is 0.286. The van der Waals surface area contributed by atoms with Gasteiger partial charge in [0.2, 0.25) is 11.1 Å². The third-order valence-electron chi connectivity index (χ3n) is 4.95. The zero-order valence-corrected chi connectivity index (χ0v) is 17.7. The van der Waals surface area contributed by atoms with Crippen LogP contribution in [0.2, 0.25) is 0 Å². The molecule has 1 spiro atoms. The number of thioether (sulfide) groups is 1. The van der Waals surface area contributed by atoms with Crippen LogP contribution in [0.5, 0.6) is 11.5 Å². The highest BCUT2D eigenvalue weighted by Gasteiger charge is 2.44. The van der Waals surface area contributed by atoms with Gasteiger partial charge in [0.1, 0.15) is 5.82 Å². The SMILES string of the molecule is O=C(CSc1n[nH]c(/C=C/c2cccs2)n1)Nc1ccc2c(c1)OC1(CCCC1)O2. The van der Waals surface area contributed by atoms with Crippen molar-refractivity contribution in [2.24, 2.45) is 0 Å². The summed E-state index contributed by atoms with van der Waals surface area (Å²) in [5.41, 5.74) is 0.688. The highest BCUT2D eigenvalue weighted by Crippen LogP contribution is 2.47. The molecule has 1 aliphatic carbocycles. The predicted molar refractivity (Wildman–Crippen MR) is 118 cm³/mol. The van der Waals surface area contributed by atoms with E-state index in [9.17, 15) is 4.79 Å². The van der Waals surface area contributed by atoms with Gasteiger partial charge in [-0.15, -0.1) is 16.4 Å². The van der Waals surface area contributed by atoms with Gasteiger partial charge < -0.3 is 14.8 Å². The van der Waals surface area contributed by atoms with Gasteiger partial charge in [-0.25, -0.2) is 4.98 Å². The lowest BCUT2D eigenvalue weighted by Crippen LogP contribution is -2.34. The monoisotopic (exact) mass is 440 g/mol. The quantitative estimate of drug-likeness (QED) is 0.535. The van der Waals surface area contributed by atoms with Crippen LogP contribution in [0.3, 0.4) is 0 Å². The molecule has 5 rings (SSSR count). The van der Waals surface area contributed by atoms with E-state index >= 15 is 0 Å². The Morgan fingerprint density at radius 3 is 2.93 bits per heavy atom. The summed E-state index contributed by atoms with van der Waals surface area (Å²) in [7, 11) is 0. The molecule has 1 aliphatic heterocycles. The number of nitrogens with zero attached hydrogens (tertiary/aromatic N) is 2. The molecule has 1 saturated carbocycles. The Balaban J connectivity index is 1.14. The number of anilines is 1. The summed E-state index contributed by atoms with van der Waals surface area (Å²) in [5, 5.41) is 12.5. The summed E-state index contributed by atoms with van der Waals surface area (Å²) in [6.45, 7) is 0. The highest BCUT2D eigenvalue weighted by atomic mass is 32.2. The van der Waals surface area contributed by atoms with Crippen LogP contribution in [0.1, 0.15) is 36.4 Å². The van der Waals surface area contributed by atoms with E-state index in [1.54, 1.807) is 11.3 Å². The highest BCUT2D eigenvalue weighted by molar-refractivity contribution is 7.99. The Bertz CT molecular complexity index is 1070. The number of carbonyl (C=O) groups is 1. The number of ether oxygens (including phenoxy) is 2. The Morgan fingerprint density at radius 2 is 2.10 bits per heavy atom. The topological polar surface area (TPSA) is 89.1 Å². The van der Waals surface area contributed by atoms with Crippen LogP contribution < -0.4 is 14.8 Å². The summed E-state index contributed by atoms with van der Waals surface area (Å²) < 4.78 is 12.1. The Labute approximate surface area is 181 Å². The first-order valence-corrected chi connectivity index (χ1v) is 11.6. The smallest absolute Gasteiger partial charge is 0.251 e. The molecule has 0 bridgehead atoms. The van der Waals surface area contributed by atoms with Gasteiger partial charge in [0.15, 0.2) is 11.5 Å². The van der Waals surface area contributed by atoms with E-state index in [1.807, 2.05) is 47.9 Å². The molecule has 3 aromatic rings. The number of hydrogen-bond donors (Lipinski definition) is 2. The molecule has 1 amide bonds. The molecular weight excluding hydrogens is 420 g/mol. The van der Waals surface area contributed by atoms with Crippen molar-refractivity contribution in [2.45, 2.75) is 36.6 Å². The summed E-state index contributed by atoms with van der Waals surface area (Å²) in [6.07, 6.45) is 7.87. The number of rotatable bonds is 6. The van der Waals surface area contributed by atoms with E-state index in [2.05, 4.69) is 20.5 Å². The Hall–Kier alpha value is -2.78. The van der Waals surface area contributed by atoms with Gasteiger partial charge >= 0.3 is 0 Å². The number of aromatic amines is 1. The van der Waals surface area contributed by atoms with E-state index in [1.165, 1.54) is 11.8 Å². The molecule has 2 aliphatic rings. The van der Waals surface area contributed by atoms with Crippen LogP contribution in [-0.2, 0) is 4.79 Å². The molecule has 1 fully saturated rings. The van der Waals surface area contributed by atoms with E-state index in [-0.39, 0.29) is 11.7 Å². The first-order valence-electron chi connectivity index (χ1n) is 9.76. The average Bonchev–Trinajstić information content (AvgIpc) is 3.53. The Morgan fingerprint density at radius 1 is 1.23 bits per heavy atom. The number of benzene rings is 1. The zero-order valence-electron chi connectivity index (χ0n) is 16.1. The average molecular weight is 441 g/mol. The maximum absolute atomic E-state index is 12.3. The fourth-order valence-electron chi connectivity index (χ4n) is 3.56. The third kappa shape index (κ3) is 4.22. The molecule has 2 N–H and O–H groups in total. The molecular formula is C21H20N4O3S2. The molecule has 1 aromatic carbocycles. The molecule has 154 valence electrons. The second-order valence-electron chi connectivity index (χ2n) is 7.17. The molecule has 0 saturated heterocycles. The van der Waals surface area contributed by atoms with E-state index < -0.39 is 5.79 Å². The van der Waals surface area contributed by atoms with Crippen molar-refractivity contribution >= 4 is 46.8 Å². The number of carbonyl (C=O) groups excluding carboxylic acids is 1. The van der Waals surface area contributed by atoms with E-state index in [0.717, 1.165) is 36.3 Å². The number of fused-ring (bicyclic) bond motifs is 1. The van der Waals surface area contributed by atoms with Crippen molar-refractivity contribution in [2.75, 3.05) is 11.1 Å². The lowest BCUT2D eigenvalue weighted by molar-refractivity contribution is -0.113. The molecule has 0 unspecified atom stereocenters. The lowest BCUT2D eigenvalue weighted by atomic mass is 10.2. The first kappa shape index (κ1) is 19.2. The summed E-state index contributed by atoms with van der Waals surface area (Å²) >= 11 is 2.93. The Kier molecular flexibility index (Phi) is 5.22. The molecule has 3 heterocycles. The van der Waals surface area contributed by atoms with Crippen molar-refractivity contribution < 1.29 is 14.3 Å². The van der Waals surface area contributed by atoms with Crippen LogP contribution in [0.25, 0.3) is 12.2 Å². The summed E-state index contributed by atoms with van der Waals surface area (Å²) in [5.74, 6) is 1.68. The summed E-state index contributed by atoms with van der Waals surface area (Å²) in [4.78, 5) is 17.9. The molecule has 0 radical (unpaired) electrons. The minimum Gasteiger partial charge on any atom is -0.448 e. The normalized spacial score (nSPS) is 16.5. The predicted octanol–water partition coefficient (Wildman–Crippen LogP) is 4.81. The second-order valence-corrected chi connectivity index (χ2v) is 9.09. The number of amides is 1. The fourth-order valence-corrected chi connectivity index (χ4v) is 4.78. The maximum Gasteiger partial charge on any atom is 0.251 e. The third-order valence-corrected chi connectivity index (χ3v) is 6.63. The van der Waals surface area contributed by atoms with Crippen LogP contribution in [0.15, 0.2) is 40.9 Å². The molecule has 9 heteroatoms. The molecule has 7 nitrogen and oxygen atoms in total.